The average molecular weight is 633 g/mol. The van der Waals surface area contributed by atoms with Gasteiger partial charge in [-0.3, -0.25) is 13.9 Å². The van der Waals surface area contributed by atoms with Crippen LogP contribution in [0, 0.1) is 0 Å². The van der Waals surface area contributed by atoms with E-state index in [1.165, 1.54) is 17.0 Å². The van der Waals surface area contributed by atoms with Gasteiger partial charge in [-0.25, -0.2) is 8.42 Å². The quantitative estimate of drug-likeness (QED) is 0.193. The third kappa shape index (κ3) is 8.27. The number of amides is 2. The van der Waals surface area contributed by atoms with Gasteiger partial charge < -0.3 is 10.2 Å². The van der Waals surface area contributed by atoms with Crippen molar-refractivity contribution in [2.45, 2.75) is 70.4 Å². The summed E-state index contributed by atoms with van der Waals surface area (Å²) in [6, 6.07) is 19.2. The van der Waals surface area contributed by atoms with Crippen LogP contribution in [0.25, 0.3) is 0 Å². The molecule has 0 aliphatic carbocycles. The molecule has 3 aromatic carbocycles. The normalized spacial score (nSPS) is 12.2. The zero-order valence-corrected chi connectivity index (χ0v) is 26.8. The Morgan fingerprint density at radius 2 is 1.50 bits per heavy atom. The van der Waals surface area contributed by atoms with E-state index in [1.807, 2.05) is 39.8 Å². The number of carbonyl (C=O) groups excluding carboxylic acids is 2. The van der Waals surface area contributed by atoms with Crippen LogP contribution in [-0.4, -0.2) is 44.3 Å². The van der Waals surface area contributed by atoms with Crippen LogP contribution in [0.15, 0.2) is 77.7 Å². The van der Waals surface area contributed by atoms with Crippen molar-refractivity contribution < 1.29 is 18.0 Å². The van der Waals surface area contributed by atoms with Gasteiger partial charge in [0.2, 0.25) is 11.8 Å². The van der Waals surface area contributed by atoms with Gasteiger partial charge in [0, 0.05) is 28.7 Å². The van der Waals surface area contributed by atoms with Gasteiger partial charge in [0.15, 0.2) is 0 Å². The molecule has 0 saturated carbocycles. The smallest absolute Gasteiger partial charge is 0.264 e. The predicted octanol–water partition coefficient (Wildman–Crippen LogP) is 7.04. The van der Waals surface area contributed by atoms with Crippen LogP contribution in [0.1, 0.15) is 64.0 Å². The second-order valence-electron chi connectivity index (χ2n) is 10.4. The molecule has 3 aromatic rings. The highest BCUT2D eigenvalue weighted by Crippen LogP contribution is 2.29. The Morgan fingerprint density at radius 1 is 0.881 bits per heavy atom. The van der Waals surface area contributed by atoms with Crippen LogP contribution in [0.2, 0.25) is 10.0 Å². The Labute approximate surface area is 259 Å². The van der Waals surface area contributed by atoms with E-state index in [0.717, 1.165) is 22.7 Å². The molecule has 1 unspecified atom stereocenters. The SMILES string of the molecule is CCCCNC(=O)C(CC)N(Cc1c(Cl)cccc1Cl)C(=O)CN(c1ccc(C(C)C)cc1)S(=O)(=O)c1ccccc1. The second-order valence-corrected chi connectivity index (χ2v) is 13.0. The molecule has 0 aliphatic rings. The van der Waals surface area contributed by atoms with Crippen LogP contribution in [0.5, 0.6) is 0 Å². The molecule has 226 valence electrons. The number of sulfonamides is 1. The molecular weight excluding hydrogens is 593 g/mol. The van der Waals surface area contributed by atoms with Crippen molar-refractivity contribution in [3.63, 3.8) is 0 Å². The van der Waals surface area contributed by atoms with E-state index in [1.54, 1.807) is 48.5 Å². The number of unbranched alkanes of at least 4 members (excludes halogenated alkanes) is 1. The van der Waals surface area contributed by atoms with Gasteiger partial charge in [-0.15, -0.1) is 0 Å². The minimum Gasteiger partial charge on any atom is -0.354 e. The first-order valence-corrected chi connectivity index (χ1v) is 16.4. The first-order chi connectivity index (χ1) is 20.0. The third-order valence-corrected chi connectivity index (χ3v) is 9.56. The molecule has 0 bridgehead atoms. The van der Waals surface area contributed by atoms with E-state index < -0.39 is 28.5 Å². The fourth-order valence-electron chi connectivity index (χ4n) is 4.55. The number of benzene rings is 3. The van der Waals surface area contributed by atoms with Crippen molar-refractivity contribution in [1.29, 1.82) is 0 Å². The summed E-state index contributed by atoms with van der Waals surface area (Å²) in [5.41, 5.74) is 1.85. The number of hydrogen-bond acceptors (Lipinski definition) is 4. The van der Waals surface area contributed by atoms with Crippen molar-refractivity contribution in [1.82, 2.24) is 10.2 Å². The highest BCUT2D eigenvalue weighted by atomic mass is 35.5. The van der Waals surface area contributed by atoms with Gasteiger partial charge in [0.1, 0.15) is 12.6 Å². The minimum atomic E-state index is -4.14. The summed E-state index contributed by atoms with van der Waals surface area (Å²) in [5.74, 6) is -0.635. The summed E-state index contributed by atoms with van der Waals surface area (Å²) < 4.78 is 29.0. The summed E-state index contributed by atoms with van der Waals surface area (Å²) in [4.78, 5) is 29.0. The van der Waals surface area contributed by atoms with E-state index in [2.05, 4.69) is 5.32 Å². The summed E-state index contributed by atoms with van der Waals surface area (Å²) >= 11 is 12.9. The predicted molar refractivity (Wildman–Crippen MR) is 171 cm³/mol. The second kappa shape index (κ2) is 15.4. The number of rotatable bonds is 14. The average Bonchev–Trinajstić information content (AvgIpc) is 2.97. The minimum absolute atomic E-state index is 0.0517. The van der Waals surface area contributed by atoms with Gasteiger partial charge in [0.25, 0.3) is 10.0 Å². The number of hydrogen-bond donors (Lipinski definition) is 1. The van der Waals surface area contributed by atoms with Gasteiger partial charge in [-0.05, 0) is 60.7 Å². The fourth-order valence-corrected chi connectivity index (χ4v) is 6.51. The van der Waals surface area contributed by atoms with E-state index in [0.29, 0.717) is 34.3 Å². The molecule has 0 heterocycles. The monoisotopic (exact) mass is 631 g/mol. The van der Waals surface area contributed by atoms with Crippen molar-refractivity contribution in [3.05, 3.63) is 94.0 Å². The molecule has 0 spiro atoms. The summed E-state index contributed by atoms with van der Waals surface area (Å²) in [6.45, 7) is 7.80. The maximum absolute atomic E-state index is 14.2. The van der Waals surface area contributed by atoms with Crippen LogP contribution in [0.4, 0.5) is 5.69 Å². The van der Waals surface area contributed by atoms with Crippen molar-refractivity contribution in [2.24, 2.45) is 0 Å². The third-order valence-electron chi connectivity index (χ3n) is 7.06. The summed E-state index contributed by atoms with van der Waals surface area (Å²) in [6.07, 6.45) is 2.00. The molecule has 0 aromatic heterocycles. The molecule has 0 radical (unpaired) electrons. The molecule has 1 atom stereocenters. The highest BCUT2D eigenvalue weighted by Gasteiger charge is 2.34. The number of nitrogens with one attached hydrogen (secondary N) is 1. The van der Waals surface area contributed by atoms with E-state index >= 15 is 0 Å². The van der Waals surface area contributed by atoms with Gasteiger partial charge >= 0.3 is 0 Å². The number of nitrogens with zero attached hydrogens (tertiary/aromatic N) is 2. The lowest BCUT2D eigenvalue weighted by atomic mass is 10.0. The van der Waals surface area contributed by atoms with E-state index in [4.69, 9.17) is 23.2 Å². The Bertz CT molecular complexity index is 1430. The van der Waals surface area contributed by atoms with Crippen molar-refractivity contribution >= 4 is 50.7 Å². The number of halogens is 2. The largest absolute Gasteiger partial charge is 0.354 e. The van der Waals surface area contributed by atoms with Crippen molar-refractivity contribution in [3.8, 4) is 0 Å². The standard InChI is InChI=1S/C32H39Cl2N3O4S/c1-5-7-20-35-32(39)30(6-2)36(21-27-28(33)14-11-15-29(27)34)31(38)22-37(25-18-16-24(17-19-25)23(3)4)42(40,41)26-12-9-8-10-13-26/h8-19,23,30H,5-7,20-22H2,1-4H3,(H,35,39). The number of anilines is 1. The zero-order chi connectivity index (χ0) is 30.9. The van der Waals surface area contributed by atoms with E-state index in [9.17, 15) is 18.0 Å². The molecule has 10 heteroatoms. The maximum Gasteiger partial charge on any atom is 0.264 e. The highest BCUT2D eigenvalue weighted by molar-refractivity contribution is 7.92. The molecule has 42 heavy (non-hydrogen) atoms. The van der Waals surface area contributed by atoms with Crippen LogP contribution < -0.4 is 9.62 Å². The maximum atomic E-state index is 14.2. The van der Waals surface area contributed by atoms with Crippen LogP contribution >= 0.6 is 23.2 Å². The van der Waals surface area contributed by atoms with Crippen LogP contribution in [0.3, 0.4) is 0 Å². The Morgan fingerprint density at radius 3 is 2.05 bits per heavy atom. The molecule has 1 N–H and O–H groups in total. The lowest BCUT2D eigenvalue weighted by Gasteiger charge is -2.33. The Kier molecular flexibility index (Phi) is 12.3. The Balaban J connectivity index is 2.08. The molecule has 0 aliphatic heterocycles. The van der Waals surface area contributed by atoms with Gasteiger partial charge in [-0.2, -0.15) is 0 Å². The molecular formula is C32H39Cl2N3O4S. The Hall–Kier alpha value is -3.07. The van der Waals surface area contributed by atoms with Crippen LogP contribution in [-0.2, 0) is 26.2 Å². The fraction of sp³-hybridized carbons (Fsp3) is 0.375. The van der Waals surface area contributed by atoms with Gasteiger partial charge in [-0.1, -0.05) is 93.7 Å². The molecule has 3 rings (SSSR count). The lowest BCUT2D eigenvalue weighted by molar-refractivity contribution is -0.140. The summed E-state index contributed by atoms with van der Waals surface area (Å²) in [7, 11) is -4.14. The van der Waals surface area contributed by atoms with Gasteiger partial charge in [0.05, 0.1) is 10.6 Å². The molecule has 0 saturated heterocycles. The topological polar surface area (TPSA) is 86.8 Å². The molecule has 7 nitrogen and oxygen atoms in total. The summed E-state index contributed by atoms with van der Waals surface area (Å²) in [5, 5.41) is 3.61. The van der Waals surface area contributed by atoms with Crippen molar-refractivity contribution in [2.75, 3.05) is 17.4 Å². The first kappa shape index (κ1) is 33.4. The molecule has 0 fully saturated rings. The zero-order valence-electron chi connectivity index (χ0n) is 24.5. The lowest BCUT2D eigenvalue weighted by Crippen LogP contribution is -2.52. The first-order valence-electron chi connectivity index (χ1n) is 14.2. The molecule has 2 amide bonds. The van der Waals surface area contributed by atoms with E-state index in [-0.39, 0.29) is 23.3 Å². The number of carbonyl (C=O) groups is 2.